The molecule has 2 heteroatoms. The van der Waals surface area contributed by atoms with Crippen molar-refractivity contribution >= 4 is 0 Å². The first-order valence-corrected chi connectivity index (χ1v) is 8.59. The van der Waals surface area contributed by atoms with Gasteiger partial charge in [0.05, 0.1) is 0 Å². The van der Waals surface area contributed by atoms with E-state index in [0.29, 0.717) is 0 Å². The van der Waals surface area contributed by atoms with Gasteiger partial charge < -0.3 is 4.98 Å². The molecule has 6 rings (SSSR count). The van der Waals surface area contributed by atoms with E-state index in [1.54, 1.807) is 0 Å². The van der Waals surface area contributed by atoms with Crippen LogP contribution in [0.25, 0.3) is 22.4 Å². The molecule has 0 saturated carbocycles. The molecular weight excluding hydrogens is 494 g/mol. The molecular formula is C24H14IrN-. The summed E-state index contributed by atoms with van der Waals surface area (Å²) in [5.41, 5.74) is 9.83. The summed E-state index contributed by atoms with van der Waals surface area (Å²) in [7, 11) is 0. The van der Waals surface area contributed by atoms with Gasteiger partial charge in [0.15, 0.2) is 0 Å². The Hall–Kier alpha value is -2.54. The number of nitrogens with zero attached hydrogens (tertiary/aromatic N) is 1. The number of benzene rings is 3. The van der Waals surface area contributed by atoms with E-state index < -0.39 is 0 Å². The van der Waals surface area contributed by atoms with Crippen molar-refractivity contribution in [2.24, 2.45) is 0 Å². The van der Waals surface area contributed by atoms with E-state index in [2.05, 4.69) is 78.9 Å². The molecule has 0 saturated heterocycles. The second-order valence-corrected chi connectivity index (χ2v) is 6.70. The summed E-state index contributed by atoms with van der Waals surface area (Å²) >= 11 is 0. The summed E-state index contributed by atoms with van der Waals surface area (Å²) in [6.07, 6.45) is 1.88. The minimum atomic E-state index is -0.274. The van der Waals surface area contributed by atoms with Gasteiger partial charge in [-0.05, 0) is 34.0 Å². The Morgan fingerprint density at radius 3 is 2.00 bits per heavy atom. The van der Waals surface area contributed by atoms with Gasteiger partial charge in [0.1, 0.15) is 0 Å². The van der Waals surface area contributed by atoms with E-state index in [9.17, 15) is 0 Å². The van der Waals surface area contributed by atoms with Gasteiger partial charge in [-0.1, -0.05) is 60.2 Å². The Labute approximate surface area is 166 Å². The van der Waals surface area contributed by atoms with E-state index in [0.717, 1.165) is 11.3 Å². The third-order valence-corrected chi connectivity index (χ3v) is 5.66. The Morgan fingerprint density at radius 1 is 0.654 bits per heavy atom. The zero-order chi connectivity index (χ0) is 16.4. The van der Waals surface area contributed by atoms with Crippen LogP contribution in [0.15, 0.2) is 85.1 Å². The number of hydrogen-bond donors (Lipinski definition) is 0. The van der Waals surface area contributed by atoms with Crippen molar-refractivity contribution in [2.75, 3.05) is 0 Å². The van der Waals surface area contributed by atoms with Crippen molar-refractivity contribution < 1.29 is 20.1 Å². The number of hydrogen-bond acceptors (Lipinski definition) is 1. The molecule has 1 aromatic heterocycles. The Kier molecular flexibility index (Phi) is 3.31. The van der Waals surface area contributed by atoms with Gasteiger partial charge in [-0.2, -0.15) is 0 Å². The molecule has 0 unspecified atom stereocenters. The third-order valence-electron chi connectivity index (χ3n) is 5.66. The molecule has 2 aliphatic carbocycles. The quantitative estimate of drug-likeness (QED) is 0.256. The molecule has 0 bridgehead atoms. The average Bonchev–Trinajstić information content (AvgIpc) is 3.16. The maximum absolute atomic E-state index is 4.73. The largest absolute Gasteiger partial charge is 0.304 e. The zero-order valence-corrected chi connectivity index (χ0v) is 16.3. The zero-order valence-electron chi connectivity index (χ0n) is 13.9. The van der Waals surface area contributed by atoms with Crippen LogP contribution in [0.1, 0.15) is 22.3 Å². The second kappa shape index (κ2) is 5.48. The van der Waals surface area contributed by atoms with Gasteiger partial charge in [-0.3, -0.25) is 0 Å². The number of pyridine rings is 1. The standard InChI is InChI=1S/C24H14N.Ir/c1-4-11-19-16(8-1)17-9-2-5-12-20(17)24(19)21-13-6-3-10-18(21)23-22(24)14-7-15-25-23;/h1-9,11-15H;/q-1;. The summed E-state index contributed by atoms with van der Waals surface area (Å²) in [5, 5.41) is 0. The van der Waals surface area contributed by atoms with Gasteiger partial charge >= 0.3 is 0 Å². The molecule has 1 heterocycles. The van der Waals surface area contributed by atoms with Gasteiger partial charge in [-0.15, -0.1) is 35.4 Å². The van der Waals surface area contributed by atoms with Crippen LogP contribution >= 0.6 is 0 Å². The van der Waals surface area contributed by atoms with Crippen molar-refractivity contribution in [1.82, 2.24) is 4.98 Å². The summed E-state index contributed by atoms with van der Waals surface area (Å²) < 4.78 is 0. The Balaban J connectivity index is 0.00000150. The minimum Gasteiger partial charge on any atom is -0.304 e. The summed E-state index contributed by atoms with van der Waals surface area (Å²) in [6.45, 7) is 0. The maximum Gasteiger partial charge on any atom is 0.0313 e. The van der Waals surface area contributed by atoms with Crippen molar-refractivity contribution in [2.45, 2.75) is 5.41 Å². The number of fused-ring (bicyclic) bond motifs is 10. The van der Waals surface area contributed by atoms with Crippen LogP contribution < -0.4 is 0 Å². The topological polar surface area (TPSA) is 12.9 Å². The Morgan fingerprint density at radius 2 is 1.27 bits per heavy atom. The second-order valence-electron chi connectivity index (χ2n) is 6.70. The number of aromatic nitrogens is 1. The molecule has 1 spiro atoms. The first-order chi connectivity index (χ1) is 12.4. The molecule has 0 amide bonds. The molecule has 0 aliphatic heterocycles. The van der Waals surface area contributed by atoms with Crippen LogP contribution in [0.2, 0.25) is 0 Å². The molecule has 0 fully saturated rings. The molecule has 0 N–H and O–H groups in total. The first kappa shape index (κ1) is 15.7. The average molecular weight is 509 g/mol. The van der Waals surface area contributed by atoms with Gasteiger partial charge in [0, 0.05) is 31.7 Å². The van der Waals surface area contributed by atoms with Crippen LogP contribution in [0.4, 0.5) is 0 Å². The van der Waals surface area contributed by atoms with Gasteiger partial charge in [0.25, 0.3) is 0 Å². The fourth-order valence-corrected chi connectivity index (χ4v) is 4.81. The molecule has 1 nitrogen and oxygen atoms in total. The monoisotopic (exact) mass is 509 g/mol. The molecule has 2 aliphatic rings. The van der Waals surface area contributed by atoms with Crippen LogP contribution in [0.5, 0.6) is 0 Å². The van der Waals surface area contributed by atoms with Crippen molar-refractivity contribution in [3.05, 3.63) is 113 Å². The smallest absolute Gasteiger partial charge is 0.0313 e. The predicted octanol–water partition coefficient (Wildman–Crippen LogP) is 5.22. The van der Waals surface area contributed by atoms with Crippen LogP contribution in [-0.2, 0) is 25.5 Å². The molecule has 0 atom stereocenters. The predicted molar refractivity (Wildman–Crippen MR) is 99.4 cm³/mol. The van der Waals surface area contributed by atoms with E-state index in [4.69, 9.17) is 4.98 Å². The fraction of sp³-hybridized carbons (Fsp3) is 0.0417. The van der Waals surface area contributed by atoms with E-state index in [-0.39, 0.29) is 25.5 Å². The molecule has 4 aromatic rings. The first-order valence-electron chi connectivity index (χ1n) is 8.59. The van der Waals surface area contributed by atoms with Crippen LogP contribution in [0.3, 0.4) is 0 Å². The van der Waals surface area contributed by atoms with Crippen molar-refractivity contribution in [3.8, 4) is 22.4 Å². The normalized spacial score (nSPS) is 14.2. The summed E-state index contributed by atoms with van der Waals surface area (Å²) in [6, 6.07) is 31.6. The number of rotatable bonds is 0. The van der Waals surface area contributed by atoms with Crippen molar-refractivity contribution in [3.63, 3.8) is 0 Å². The van der Waals surface area contributed by atoms with Gasteiger partial charge in [-0.25, -0.2) is 0 Å². The fourth-order valence-electron chi connectivity index (χ4n) is 4.81. The molecule has 125 valence electrons. The van der Waals surface area contributed by atoms with E-state index in [1.807, 2.05) is 12.3 Å². The SMILES string of the molecule is [Ir].[c-]1cccc2c1-c1ncccc1C21c2ccccc2-c2ccccc21. The summed E-state index contributed by atoms with van der Waals surface area (Å²) in [4.78, 5) is 4.73. The molecule has 3 aromatic carbocycles. The minimum absolute atomic E-state index is 0. The van der Waals surface area contributed by atoms with E-state index >= 15 is 0 Å². The van der Waals surface area contributed by atoms with Gasteiger partial charge in [0.2, 0.25) is 0 Å². The van der Waals surface area contributed by atoms with Crippen LogP contribution in [0, 0.1) is 6.07 Å². The van der Waals surface area contributed by atoms with E-state index in [1.165, 1.54) is 33.4 Å². The molecule has 26 heavy (non-hydrogen) atoms. The Bertz CT molecular complexity index is 974. The molecule has 1 radical (unpaired) electrons. The van der Waals surface area contributed by atoms with Crippen molar-refractivity contribution in [1.29, 1.82) is 0 Å². The van der Waals surface area contributed by atoms with Crippen LogP contribution in [-0.4, -0.2) is 4.98 Å². The summed E-state index contributed by atoms with van der Waals surface area (Å²) in [5.74, 6) is 0. The maximum atomic E-state index is 4.73. The third kappa shape index (κ3) is 1.66.